The fraction of sp³-hybridized carbons (Fsp3) is 0.207. The predicted molar refractivity (Wildman–Crippen MR) is 152 cm³/mol. The number of aryl methyl sites for hydroxylation is 2. The molecular formula is C29H23N3O6S2. The van der Waals surface area contributed by atoms with E-state index in [2.05, 4.69) is 4.98 Å². The zero-order valence-corrected chi connectivity index (χ0v) is 23.1. The second kappa shape index (κ2) is 10.1. The van der Waals surface area contributed by atoms with Gasteiger partial charge in [0.05, 0.1) is 21.6 Å². The van der Waals surface area contributed by atoms with E-state index < -0.39 is 27.9 Å². The quantitative estimate of drug-likeness (QED) is 0.188. The number of thioether (sulfide) groups is 1. The predicted octanol–water partition coefficient (Wildman–Crippen LogP) is 5.34. The van der Waals surface area contributed by atoms with Crippen molar-refractivity contribution in [3.63, 3.8) is 0 Å². The lowest BCUT2D eigenvalue weighted by atomic mass is 9.82. The molecule has 2 aliphatic heterocycles. The molecular weight excluding hydrogens is 550 g/mol. The van der Waals surface area contributed by atoms with Crippen LogP contribution in [-0.2, 0) is 16.2 Å². The van der Waals surface area contributed by atoms with Crippen molar-refractivity contribution in [2.24, 2.45) is 5.92 Å². The molecule has 1 fully saturated rings. The number of rotatable bonds is 6. The van der Waals surface area contributed by atoms with Gasteiger partial charge in [-0.3, -0.25) is 24.5 Å². The van der Waals surface area contributed by atoms with Gasteiger partial charge in [0.25, 0.3) is 5.69 Å². The minimum absolute atomic E-state index is 0.177. The Morgan fingerprint density at radius 1 is 0.975 bits per heavy atom. The third-order valence-corrected chi connectivity index (χ3v) is 9.53. The molecule has 0 unspecified atom stereocenters. The van der Waals surface area contributed by atoms with Crippen molar-refractivity contribution >= 4 is 46.3 Å². The molecule has 2 aliphatic rings. The molecule has 0 bridgehead atoms. The SMILES string of the molecule is Cc1ccc(N2C(=O)[C@H]3[C@H](c4cc([N+](=O)[O-])ccc4OCc4cccc(C)c4)c4sc(=O)[nH]c4S[C@H]3C2=O)cc1. The second-order valence-electron chi connectivity index (χ2n) is 9.85. The van der Waals surface area contributed by atoms with Gasteiger partial charge in [-0.15, -0.1) is 0 Å². The zero-order chi connectivity index (χ0) is 28.1. The molecule has 40 heavy (non-hydrogen) atoms. The summed E-state index contributed by atoms with van der Waals surface area (Å²) >= 11 is 2.10. The lowest BCUT2D eigenvalue weighted by Crippen LogP contribution is -2.32. The number of hydrogen-bond donors (Lipinski definition) is 1. The number of nitrogens with zero attached hydrogens (tertiary/aromatic N) is 2. The summed E-state index contributed by atoms with van der Waals surface area (Å²) in [6.45, 7) is 4.08. The normalized spacial score (nSPS) is 19.9. The number of aromatic amines is 1. The number of carbonyl (C=O) groups excluding carboxylic acids is 2. The van der Waals surface area contributed by atoms with E-state index in [1.807, 2.05) is 50.2 Å². The number of nitro groups is 1. The van der Waals surface area contributed by atoms with Crippen molar-refractivity contribution in [2.75, 3.05) is 4.90 Å². The van der Waals surface area contributed by atoms with Crippen LogP contribution < -0.4 is 14.5 Å². The number of non-ortho nitro benzene ring substituents is 1. The Morgan fingerprint density at radius 3 is 2.48 bits per heavy atom. The molecule has 3 aromatic carbocycles. The molecule has 0 aliphatic carbocycles. The first kappa shape index (κ1) is 26.0. The smallest absolute Gasteiger partial charge is 0.305 e. The maximum absolute atomic E-state index is 14.0. The van der Waals surface area contributed by atoms with Crippen LogP contribution in [0.2, 0.25) is 0 Å². The second-order valence-corrected chi connectivity index (χ2v) is 12.0. The van der Waals surface area contributed by atoms with E-state index in [0.29, 0.717) is 26.9 Å². The topological polar surface area (TPSA) is 123 Å². The third-order valence-electron chi connectivity index (χ3n) is 7.13. The Hall–Kier alpha value is -4.22. The summed E-state index contributed by atoms with van der Waals surface area (Å²) < 4.78 is 6.20. The summed E-state index contributed by atoms with van der Waals surface area (Å²) in [6.07, 6.45) is 0. The van der Waals surface area contributed by atoms with Gasteiger partial charge >= 0.3 is 4.87 Å². The lowest BCUT2D eigenvalue weighted by Gasteiger charge is -2.30. The molecule has 202 valence electrons. The highest BCUT2D eigenvalue weighted by atomic mass is 32.2. The number of thiazole rings is 1. The number of amides is 2. The Kier molecular flexibility index (Phi) is 6.55. The van der Waals surface area contributed by atoms with Crippen LogP contribution in [0, 0.1) is 29.9 Å². The standard InChI is InChI=1S/C29H23N3O6S2/c1-15-6-8-18(9-7-15)31-27(33)23-22(24-26(30-29(35)40-24)39-25(23)28(31)34)20-13-19(32(36)37)10-11-21(20)38-14-17-5-3-4-16(2)12-17/h3-13,22-23,25H,14H2,1-2H3,(H,30,35)/t22-,23-,25+/m0/s1. The lowest BCUT2D eigenvalue weighted by molar-refractivity contribution is -0.385. The number of anilines is 1. The Labute approximate surface area is 237 Å². The Morgan fingerprint density at radius 2 is 1.75 bits per heavy atom. The number of hydrogen-bond acceptors (Lipinski definition) is 8. The van der Waals surface area contributed by atoms with Gasteiger partial charge in [0.2, 0.25) is 11.8 Å². The zero-order valence-electron chi connectivity index (χ0n) is 21.5. The van der Waals surface area contributed by atoms with Gasteiger partial charge < -0.3 is 9.72 Å². The van der Waals surface area contributed by atoms with Gasteiger partial charge in [-0.05, 0) is 37.6 Å². The van der Waals surface area contributed by atoms with Crippen molar-refractivity contribution in [3.8, 4) is 5.75 Å². The first-order valence-electron chi connectivity index (χ1n) is 12.5. The molecule has 9 nitrogen and oxygen atoms in total. The third kappa shape index (κ3) is 4.50. The number of H-pyrrole nitrogens is 1. The number of ether oxygens (including phenoxy) is 1. The molecule has 0 saturated carbocycles. The number of nitro benzene ring substituents is 1. The molecule has 3 atom stereocenters. The van der Waals surface area contributed by atoms with Crippen LogP contribution in [0.1, 0.15) is 33.0 Å². The average Bonchev–Trinajstić information content (AvgIpc) is 3.42. The average molecular weight is 574 g/mol. The van der Waals surface area contributed by atoms with Gasteiger partial charge in [0.1, 0.15) is 17.6 Å². The van der Waals surface area contributed by atoms with Crippen LogP contribution >= 0.6 is 23.1 Å². The van der Waals surface area contributed by atoms with Crippen LogP contribution in [0.15, 0.2) is 76.6 Å². The molecule has 0 radical (unpaired) electrons. The van der Waals surface area contributed by atoms with Gasteiger partial charge in [0.15, 0.2) is 0 Å². The van der Waals surface area contributed by atoms with Crippen LogP contribution in [0.5, 0.6) is 5.75 Å². The van der Waals surface area contributed by atoms with E-state index in [1.165, 1.54) is 23.1 Å². The molecule has 1 aromatic heterocycles. The largest absolute Gasteiger partial charge is 0.489 e. The van der Waals surface area contributed by atoms with Crippen LogP contribution in [0.25, 0.3) is 0 Å². The summed E-state index contributed by atoms with van der Waals surface area (Å²) in [5.41, 5.74) is 3.63. The summed E-state index contributed by atoms with van der Waals surface area (Å²) in [5.74, 6) is -2.15. The fourth-order valence-corrected chi connectivity index (χ4v) is 7.79. The molecule has 1 N–H and O–H groups in total. The fourth-order valence-electron chi connectivity index (χ4n) is 5.29. The molecule has 4 aromatic rings. The Balaban J connectivity index is 1.48. The van der Waals surface area contributed by atoms with E-state index >= 15 is 0 Å². The van der Waals surface area contributed by atoms with Crippen LogP contribution in [-0.4, -0.2) is 27.0 Å². The van der Waals surface area contributed by atoms with Gasteiger partial charge in [-0.1, -0.05) is 70.6 Å². The van der Waals surface area contributed by atoms with E-state index in [1.54, 1.807) is 12.1 Å². The van der Waals surface area contributed by atoms with Crippen molar-refractivity contribution in [3.05, 3.63) is 114 Å². The first-order chi connectivity index (χ1) is 19.2. The van der Waals surface area contributed by atoms with E-state index in [4.69, 9.17) is 4.74 Å². The number of carbonyl (C=O) groups is 2. The first-order valence-corrected chi connectivity index (χ1v) is 14.2. The van der Waals surface area contributed by atoms with Crippen molar-refractivity contribution in [1.82, 2.24) is 4.98 Å². The number of aromatic nitrogens is 1. The van der Waals surface area contributed by atoms with Crippen molar-refractivity contribution in [2.45, 2.75) is 36.6 Å². The molecule has 0 spiro atoms. The number of imide groups is 1. The molecule has 2 amide bonds. The molecule has 6 rings (SSSR count). The van der Waals surface area contributed by atoms with Crippen LogP contribution in [0.3, 0.4) is 0 Å². The maximum atomic E-state index is 14.0. The highest BCUT2D eigenvalue weighted by Crippen LogP contribution is 2.55. The summed E-state index contributed by atoms with van der Waals surface area (Å²) in [6, 6.07) is 19.2. The summed E-state index contributed by atoms with van der Waals surface area (Å²) in [4.78, 5) is 55.7. The number of nitrogens with one attached hydrogen (secondary N) is 1. The van der Waals surface area contributed by atoms with Crippen LogP contribution in [0.4, 0.5) is 11.4 Å². The molecule has 1 saturated heterocycles. The van der Waals surface area contributed by atoms with Gasteiger partial charge in [-0.2, -0.15) is 0 Å². The van der Waals surface area contributed by atoms with E-state index in [-0.39, 0.29) is 23.1 Å². The van der Waals surface area contributed by atoms with Gasteiger partial charge in [0, 0.05) is 28.5 Å². The van der Waals surface area contributed by atoms with Crippen molar-refractivity contribution in [1.29, 1.82) is 0 Å². The van der Waals surface area contributed by atoms with E-state index in [9.17, 15) is 24.5 Å². The van der Waals surface area contributed by atoms with E-state index in [0.717, 1.165) is 39.8 Å². The highest BCUT2D eigenvalue weighted by Gasteiger charge is 2.57. The highest BCUT2D eigenvalue weighted by molar-refractivity contribution is 8.00. The maximum Gasteiger partial charge on any atom is 0.305 e. The minimum Gasteiger partial charge on any atom is -0.489 e. The number of benzene rings is 3. The summed E-state index contributed by atoms with van der Waals surface area (Å²) in [7, 11) is 0. The van der Waals surface area contributed by atoms with Gasteiger partial charge in [-0.25, -0.2) is 4.90 Å². The Bertz CT molecular complexity index is 1730. The summed E-state index contributed by atoms with van der Waals surface area (Å²) in [5, 5.41) is 11.5. The monoisotopic (exact) mass is 573 g/mol. The minimum atomic E-state index is -0.888. The van der Waals surface area contributed by atoms with Crippen molar-refractivity contribution < 1.29 is 19.2 Å². The molecule has 3 heterocycles. The number of fused-ring (bicyclic) bond motifs is 2. The molecule has 11 heteroatoms.